The van der Waals surface area contributed by atoms with Crippen molar-refractivity contribution in [3.63, 3.8) is 0 Å². The van der Waals surface area contributed by atoms with Crippen LogP contribution in [0.15, 0.2) is 24.4 Å². The third-order valence-electron chi connectivity index (χ3n) is 7.18. The Hall–Kier alpha value is -2.29. The summed E-state index contributed by atoms with van der Waals surface area (Å²) in [6, 6.07) is 3.59. The molecule has 3 N–H and O–H groups in total. The number of amides is 1. The molecule has 1 aliphatic heterocycles. The Morgan fingerprint density at radius 1 is 1.32 bits per heavy atom. The molecular formula is C28H36ClF2N3O3. The van der Waals surface area contributed by atoms with Crippen molar-refractivity contribution in [2.45, 2.75) is 90.0 Å². The van der Waals surface area contributed by atoms with Gasteiger partial charge >= 0.3 is 0 Å². The maximum Gasteiger partial charge on any atom is 0.218 e. The summed E-state index contributed by atoms with van der Waals surface area (Å²) in [4.78, 5) is 16.5. The van der Waals surface area contributed by atoms with E-state index in [0.29, 0.717) is 5.88 Å². The molecule has 2 heterocycles. The fourth-order valence-corrected chi connectivity index (χ4v) is 5.44. The topological polar surface area (TPSA) is 83.5 Å². The largest absolute Gasteiger partial charge is 0.471 e. The van der Waals surface area contributed by atoms with Gasteiger partial charge in [-0.25, -0.2) is 13.8 Å². The smallest absolute Gasteiger partial charge is 0.218 e. The van der Waals surface area contributed by atoms with E-state index in [-0.39, 0.29) is 41.5 Å². The van der Waals surface area contributed by atoms with E-state index in [4.69, 9.17) is 16.3 Å². The number of pyridine rings is 1. The third kappa shape index (κ3) is 6.59. The van der Waals surface area contributed by atoms with E-state index < -0.39 is 28.8 Å². The first-order chi connectivity index (χ1) is 17.4. The number of aliphatic hydroxyl groups excluding tert-OH is 1. The van der Waals surface area contributed by atoms with Crippen LogP contribution in [0.3, 0.4) is 0 Å². The minimum atomic E-state index is -1.04. The average Bonchev–Trinajstić information content (AvgIpc) is 2.79. The van der Waals surface area contributed by atoms with Gasteiger partial charge in [0.1, 0.15) is 22.3 Å². The second-order valence-electron chi connectivity index (χ2n) is 11.7. The molecule has 1 spiro atoms. The number of hydrogen-bond donors (Lipinski definition) is 3. The number of hydrogen-bond acceptors (Lipinski definition) is 5. The molecule has 0 unspecified atom stereocenters. The minimum absolute atomic E-state index is 0.0418. The van der Waals surface area contributed by atoms with Gasteiger partial charge in [0.25, 0.3) is 0 Å². The summed E-state index contributed by atoms with van der Waals surface area (Å²) < 4.78 is 34.5. The van der Waals surface area contributed by atoms with Crippen LogP contribution in [-0.4, -0.2) is 40.3 Å². The number of nitrogens with zero attached hydrogens (tertiary/aromatic N) is 1. The predicted molar refractivity (Wildman–Crippen MR) is 139 cm³/mol. The molecule has 1 fully saturated rings. The Bertz CT molecular complexity index is 1150. The number of aliphatic hydroxyl groups is 1. The zero-order valence-electron chi connectivity index (χ0n) is 21.8. The zero-order valence-corrected chi connectivity index (χ0v) is 22.6. The molecule has 6 nitrogen and oxygen atoms in total. The molecule has 202 valence electrons. The van der Waals surface area contributed by atoms with Crippen LogP contribution < -0.4 is 15.4 Å². The number of fused-ring (bicyclic) bond motifs is 1. The molecule has 0 bridgehead atoms. The van der Waals surface area contributed by atoms with Gasteiger partial charge in [0.2, 0.25) is 11.8 Å². The van der Waals surface area contributed by atoms with E-state index in [0.717, 1.165) is 49.3 Å². The van der Waals surface area contributed by atoms with E-state index in [9.17, 15) is 18.7 Å². The molecule has 0 radical (unpaired) electrons. The Morgan fingerprint density at radius 2 is 2.05 bits per heavy atom. The van der Waals surface area contributed by atoms with E-state index in [2.05, 4.69) is 42.5 Å². The van der Waals surface area contributed by atoms with Crippen LogP contribution in [0.2, 0.25) is 5.02 Å². The summed E-state index contributed by atoms with van der Waals surface area (Å²) in [5.74, 6) is -1.49. The average molecular weight is 536 g/mol. The molecule has 3 atom stereocenters. The molecule has 1 aliphatic carbocycles. The van der Waals surface area contributed by atoms with Crippen molar-refractivity contribution in [1.29, 1.82) is 0 Å². The summed E-state index contributed by atoms with van der Waals surface area (Å²) in [5.41, 5.74) is 2.04. The fraction of sp³-hybridized carbons (Fsp3) is 0.571. The van der Waals surface area contributed by atoms with Crippen molar-refractivity contribution in [2.75, 3.05) is 6.54 Å². The molecule has 2 aromatic rings. The second-order valence-corrected chi connectivity index (χ2v) is 12.1. The van der Waals surface area contributed by atoms with Crippen LogP contribution in [-0.2, 0) is 17.6 Å². The predicted octanol–water partition coefficient (Wildman–Crippen LogP) is 5.05. The number of carbonyl (C=O) groups excluding carboxylic acids is 1. The van der Waals surface area contributed by atoms with E-state index in [1.165, 1.54) is 13.0 Å². The lowest BCUT2D eigenvalue weighted by atomic mass is 9.73. The standard InChI is InChI=1S/C28H36ClF2N3O3/c1-16(35)34-21(11-18-6-7-20(30)24(29)25(18)31)23(36)15-32-22-13-28(8-5-9-28)37-26-19(22)10-17(14-33-26)12-27(2,3)4/h6-7,10,14,21-23,32,36H,5,8-9,11-13,15H2,1-4H3,(H,34,35)/t21-,22-,23-/m0/s1. The maximum atomic E-state index is 14.5. The van der Waals surface area contributed by atoms with Crippen LogP contribution in [0.4, 0.5) is 8.78 Å². The number of aromatic nitrogens is 1. The summed E-state index contributed by atoms with van der Waals surface area (Å²) in [7, 11) is 0. The van der Waals surface area contributed by atoms with Crippen molar-refractivity contribution >= 4 is 17.5 Å². The first-order valence-electron chi connectivity index (χ1n) is 12.8. The molecule has 4 rings (SSSR count). The molecule has 2 aliphatic rings. The summed E-state index contributed by atoms with van der Waals surface area (Å²) in [6.07, 6.45) is 5.42. The van der Waals surface area contributed by atoms with Crippen LogP contribution in [0.5, 0.6) is 5.88 Å². The summed E-state index contributed by atoms with van der Waals surface area (Å²) in [6.45, 7) is 8.01. The number of halogens is 3. The number of rotatable bonds is 8. The summed E-state index contributed by atoms with van der Waals surface area (Å²) >= 11 is 5.73. The molecule has 9 heteroatoms. The Balaban J connectivity index is 1.52. The lowest BCUT2D eigenvalue weighted by Gasteiger charge is -2.47. The summed E-state index contributed by atoms with van der Waals surface area (Å²) in [5, 5.41) is 16.6. The van der Waals surface area contributed by atoms with E-state index >= 15 is 0 Å². The van der Waals surface area contributed by atoms with Crippen molar-refractivity contribution in [1.82, 2.24) is 15.6 Å². The quantitative estimate of drug-likeness (QED) is 0.412. The Morgan fingerprint density at radius 3 is 2.68 bits per heavy atom. The fourth-order valence-electron chi connectivity index (χ4n) is 5.26. The molecule has 1 aromatic carbocycles. The lowest BCUT2D eigenvalue weighted by molar-refractivity contribution is -0.120. The van der Waals surface area contributed by atoms with Gasteiger partial charge < -0.3 is 20.5 Å². The SMILES string of the molecule is CC(=O)N[C@@H](Cc1ccc(F)c(Cl)c1F)[C@@H](O)CN[C@H]1CC2(CCC2)Oc2ncc(CC(C)(C)C)cc21. The maximum absolute atomic E-state index is 14.5. The number of ether oxygens (including phenoxy) is 1. The first kappa shape index (κ1) is 27.7. The van der Waals surface area contributed by atoms with Crippen LogP contribution in [0, 0.1) is 17.0 Å². The molecule has 1 aromatic heterocycles. The molecule has 37 heavy (non-hydrogen) atoms. The highest BCUT2D eigenvalue weighted by atomic mass is 35.5. The van der Waals surface area contributed by atoms with Crippen molar-refractivity contribution < 1.29 is 23.4 Å². The van der Waals surface area contributed by atoms with Gasteiger partial charge in [-0.3, -0.25) is 4.79 Å². The first-order valence-corrected chi connectivity index (χ1v) is 13.2. The molecular weight excluding hydrogens is 500 g/mol. The highest BCUT2D eigenvalue weighted by Crippen LogP contribution is 2.48. The van der Waals surface area contributed by atoms with Crippen LogP contribution in [0.1, 0.15) is 76.1 Å². The van der Waals surface area contributed by atoms with Gasteiger partial charge in [-0.15, -0.1) is 0 Å². The highest BCUT2D eigenvalue weighted by molar-refractivity contribution is 6.30. The van der Waals surface area contributed by atoms with Gasteiger partial charge in [0.05, 0.1) is 12.1 Å². The van der Waals surface area contributed by atoms with Crippen LogP contribution in [0.25, 0.3) is 0 Å². The second kappa shape index (κ2) is 10.8. The van der Waals surface area contributed by atoms with Crippen LogP contribution >= 0.6 is 11.6 Å². The molecule has 1 amide bonds. The van der Waals surface area contributed by atoms with Gasteiger partial charge in [-0.2, -0.15) is 0 Å². The Labute approximate surface area is 222 Å². The Kier molecular flexibility index (Phi) is 8.12. The number of benzene rings is 1. The number of carbonyl (C=O) groups is 1. The third-order valence-corrected chi connectivity index (χ3v) is 7.53. The van der Waals surface area contributed by atoms with Gasteiger partial charge in [0.15, 0.2) is 0 Å². The highest BCUT2D eigenvalue weighted by Gasteiger charge is 2.46. The van der Waals surface area contributed by atoms with Gasteiger partial charge in [-0.05, 0) is 60.8 Å². The molecule has 0 saturated heterocycles. The van der Waals surface area contributed by atoms with Crippen molar-refractivity contribution in [3.05, 3.63) is 57.7 Å². The number of nitrogens with one attached hydrogen (secondary N) is 2. The minimum Gasteiger partial charge on any atom is -0.471 e. The normalized spacial score (nSPS) is 19.9. The van der Waals surface area contributed by atoms with Crippen molar-refractivity contribution in [2.24, 2.45) is 5.41 Å². The van der Waals surface area contributed by atoms with Gasteiger partial charge in [-0.1, -0.05) is 38.4 Å². The van der Waals surface area contributed by atoms with Crippen molar-refractivity contribution in [3.8, 4) is 5.88 Å². The van der Waals surface area contributed by atoms with Gasteiger partial charge in [0, 0.05) is 37.7 Å². The lowest BCUT2D eigenvalue weighted by Crippen LogP contribution is -2.52. The molecule has 1 saturated carbocycles. The zero-order chi connectivity index (χ0) is 27.0. The monoisotopic (exact) mass is 535 g/mol. The van der Waals surface area contributed by atoms with E-state index in [1.54, 1.807) is 0 Å². The van der Waals surface area contributed by atoms with E-state index in [1.807, 2.05) is 6.20 Å².